The smallest absolute Gasteiger partial charge is 0.147 e. The Bertz CT molecular complexity index is 366. The lowest BCUT2D eigenvalue weighted by atomic mass is 9.82. The van der Waals surface area contributed by atoms with Crippen molar-refractivity contribution in [2.24, 2.45) is 11.7 Å². The van der Waals surface area contributed by atoms with Crippen LogP contribution in [0.5, 0.6) is 0 Å². The van der Waals surface area contributed by atoms with Crippen LogP contribution in [0.15, 0.2) is 18.2 Å². The molecule has 1 aromatic carbocycles. The maximum absolute atomic E-state index is 13.5. The molecule has 2 nitrogen and oxygen atoms in total. The highest BCUT2D eigenvalue weighted by molar-refractivity contribution is 6.30. The molecule has 1 aliphatic carbocycles. The van der Waals surface area contributed by atoms with Gasteiger partial charge >= 0.3 is 0 Å². The molecule has 2 rings (SSSR count). The predicted octanol–water partition coefficient (Wildman–Crippen LogP) is 2.73. The predicted molar refractivity (Wildman–Crippen MR) is 61.8 cm³/mol. The second kappa shape index (κ2) is 5.13. The molecule has 1 fully saturated rings. The summed E-state index contributed by atoms with van der Waals surface area (Å²) in [5, 5.41) is 0.148. The summed E-state index contributed by atoms with van der Waals surface area (Å²) in [7, 11) is 0. The van der Waals surface area contributed by atoms with Crippen molar-refractivity contribution in [3.05, 3.63) is 34.6 Å². The van der Waals surface area contributed by atoms with Gasteiger partial charge in [0.1, 0.15) is 5.82 Å². The number of nitrogens with two attached hydrogens (primary N) is 1. The van der Waals surface area contributed by atoms with Gasteiger partial charge in [-0.3, -0.25) is 0 Å². The molecule has 0 aromatic heterocycles. The molecule has 1 aromatic rings. The quantitative estimate of drug-likeness (QED) is 0.883. The Labute approximate surface area is 99.5 Å². The van der Waals surface area contributed by atoms with E-state index in [2.05, 4.69) is 0 Å². The zero-order chi connectivity index (χ0) is 11.5. The van der Waals surface area contributed by atoms with Crippen LogP contribution in [0.25, 0.3) is 0 Å². The lowest BCUT2D eigenvalue weighted by Gasteiger charge is -2.34. The summed E-state index contributed by atoms with van der Waals surface area (Å²) in [4.78, 5) is 0. The van der Waals surface area contributed by atoms with Crippen molar-refractivity contribution in [3.63, 3.8) is 0 Å². The molecular weight excluding hydrogens is 229 g/mol. The van der Waals surface area contributed by atoms with Crippen molar-refractivity contribution in [1.82, 2.24) is 0 Å². The summed E-state index contributed by atoms with van der Waals surface area (Å²) in [6, 6.07) is 4.96. The Morgan fingerprint density at radius 2 is 2.19 bits per heavy atom. The van der Waals surface area contributed by atoms with Gasteiger partial charge < -0.3 is 10.5 Å². The largest absolute Gasteiger partial charge is 0.373 e. The minimum Gasteiger partial charge on any atom is -0.373 e. The van der Waals surface area contributed by atoms with Crippen LogP contribution in [0.3, 0.4) is 0 Å². The first-order valence-corrected chi connectivity index (χ1v) is 5.83. The molecule has 0 radical (unpaired) electrons. The van der Waals surface area contributed by atoms with Gasteiger partial charge in [0.25, 0.3) is 0 Å². The second-order valence-corrected chi connectivity index (χ2v) is 4.63. The molecule has 1 saturated carbocycles. The number of rotatable bonds is 4. The van der Waals surface area contributed by atoms with Crippen LogP contribution in [0.1, 0.15) is 18.4 Å². The molecule has 0 saturated heterocycles. The van der Waals surface area contributed by atoms with Gasteiger partial charge in [0.15, 0.2) is 0 Å². The van der Waals surface area contributed by atoms with E-state index in [0.29, 0.717) is 18.0 Å². The van der Waals surface area contributed by atoms with Crippen LogP contribution in [0.2, 0.25) is 5.02 Å². The first kappa shape index (κ1) is 11.8. The molecule has 0 bridgehead atoms. The Balaban J connectivity index is 1.84. The summed E-state index contributed by atoms with van der Waals surface area (Å²) >= 11 is 5.68. The van der Waals surface area contributed by atoms with E-state index in [4.69, 9.17) is 22.1 Å². The van der Waals surface area contributed by atoms with Crippen LogP contribution < -0.4 is 5.73 Å². The van der Waals surface area contributed by atoms with Crippen molar-refractivity contribution in [3.8, 4) is 0 Å². The minimum atomic E-state index is -0.376. The third kappa shape index (κ3) is 2.54. The van der Waals surface area contributed by atoms with Gasteiger partial charge in [0.2, 0.25) is 0 Å². The van der Waals surface area contributed by atoms with Gasteiger partial charge in [-0.15, -0.1) is 0 Å². The topological polar surface area (TPSA) is 35.2 Å². The van der Waals surface area contributed by atoms with Gasteiger partial charge in [0, 0.05) is 5.56 Å². The van der Waals surface area contributed by atoms with E-state index in [0.717, 1.165) is 12.8 Å². The summed E-state index contributed by atoms with van der Waals surface area (Å²) < 4.78 is 19.1. The highest BCUT2D eigenvalue weighted by atomic mass is 35.5. The first-order chi connectivity index (χ1) is 7.70. The highest BCUT2D eigenvalue weighted by Gasteiger charge is 2.28. The molecular formula is C12H15ClFNO. The summed E-state index contributed by atoms with van der Waals surface area (Å²) in [6.45, 7) is 1.000. The molecule has 0 aliphatic heterocycles. The fourth-order valence-electron chi connectivity index (χ4n) is 1.87. The van der Waals surface area contributed by atoms with Crippen LogP contribution in [0, 0.1) is 11.7 Å². The second-order valence-electron chi connectivity index (χ2n) is 4.22. The summed E-state index contributed by atoms with van der Waals surface area (Å²) in [5.74, 6) is 0.202. The van der Waals surface area contributed by atoms with Crippen molar-refractivity contribution in [1.29, 1.82) is 0 Å². The fraction of sp³-hybridized carbons (Fsp3) is 0.500. The standard InChI is InChI=1S/C12H15ClFNO/c13-11-3-1-2-9(12(11)14)7-16-10-4-8(5-10)6-15/h1-3,8,10H,4-7,15H2. The van der Waals surface area contributed by atoms with E-state index < -0.39 is 0 Å². The maximum Gasteiger partial charge on any atom is 0.147 e. The highest BCUT2D eigenvalue weighted by Crippen LogP contribution is 2.30. The third-order valence-electron chi connectivity index (χ3n) is 3.03. The summed E-state index contributed by atoms with van der Waals surface area (Å²) in [5.41, 5.74) is 6.03. The minimum absolute atomic E-state index is 0.148. The lowest BCUT2D eigenvalue weighted by molar-refractivity contribution is -0.0384. The number of benzene rings is 1. The van der Waals surface area contributed by atoms with Crippen LogP contribution >= 0.6 is 11.6 Å². The van der Waals surface area contributed by atoms with Gasteiger partial charge in [-0.2, -0.15) is 0 Å². The fourth-order valence-corrected chi connectivity index (χ4v) is 2.06. The Hall–Kier alpha value is -0.640. The third-order valence-corrected chi connectivity index (χ3v) is 3.32. The average molecular weight is 244 g/mol. The number of hydrogen-bond donors (Lipinski definition) is 1. The van der Waals surface area contributed by atoms with E-state index >= 15 is 0 Å². The van der Waals surface area contributed by atoms with Crippen LogP contribution in [-0.4, -0.2) is 12.6 Å². The molecule has 0 spiro atoms. The normalized spacial score (nSPS) is 24.2. The zero-order valence-corrected chi connectivity index (χ0v) is 9.71. The number of halogens is 2. The SMILES string of the molecule is NCC1CC(OCc2cccc(Cl)c2F)C1. The Kier molecular flexibility index (Phi) is 3.79. The number of ether oxygens (including phenoxy) is 1. The Morgan fingerprint density at radius 1 is 1.44 bits per heavy atom. The van der Waals surface area contributed by atoms with Crippen molar-refractivity contribution < 1.29 is 9.13 Å². The van der Waals surface area contributed by atoms with Gasteiger partial charge in [-0.1, -0.05) is 23.7 Å². The van der Waals surface area contributed by atoms with Crippen LogP contribution in [-0.2, 0) is 11.3 Å². The lowest BCUT2D eigenvalue weighted by Crippen LogP contribution is -2.35. The van der Waals surface area contributed by atoms with E-state index in [1.165, 1.54) is 6.07 Å². The monoisotopic (exact) mass is 243 g/mol. The van der Waals surface area contributed by atoms with Crippen LogP contribution in [0.4, 0.5) is 4.39 Å². The van der Waals surface area contributed by atoms with Crippen molar-refractivity contribution in [2.45, 2.75) is 25.6 Å². The van der Waals surface area contributed by atoms with E-state index in [1.54, 1.807) is 12.1 Å². The van der Waals surface area contributed by atoms with Gasteiger partial charge in [-0.05, 0) is 31.4 Å². The first-order valence-electron chi connectivity index (χ1n) is 5.45. The molecule has 4 heteroatoms. The maximum atomic E-state index is 13.5. The summed E-state index contributed by atoms with van der Waals surface area (Å²) in [6.07, 6.45) is 2.20. The van der Waals surface area contributed by atoms with Gasteiger partial charge in [-0.25, -0.2) is 4.39 Å². The molecule has 0 heterocycles. The molecule has 88 valence electrons. The van der Waals surface area contributed by atoms with E-state index in [1.807, 2.05) is 0 Å². The molecule has 0 unspecified atom stereocenters. The molecule has 2 N–H and O–H groups in total. The molecule has 16 heavy (non-hydrogen) atoms. The molecule has 0 amide bonds. The van der Waals surface area contributed by atoms with Gasteiger partial charge in [0.05, 0.1) is 17.7 Å². The zero-order valence-electron chi connectivity index (χ0n) is 8.96. The van der Waals surface area contributed by atoms with E-state index in [9.17, 15) is 4.39 Å². The van der Waals surface area contributed by atoms with Crippen molar-refractivity contribution >= 4 is 11.6 Å². The van der Waals surface area contributed by atoms with E-state index in [-0.39, 0.29) is 23.6 Å². The Morgan fingerprint density at radius 3 is 2.88 bits per heavy atom. The van der Waals surface area contributed by atoms with Crippen molar-refractivity contribution in [2.75, 3.05) is 6.54 Å². The number of hydrogen-bond acceptors (Lipinski definition) is 2. The molecule has 0 atom stereocenters. The average Bonchev–Trinajstić information content (AvgIpc) is 2.22. The molecule has 1 aliphatic rings.